The quantitative estimate of drug-likeness (QED) is 0.852. The lowest BCUT2D eigenvalue weighted by molar-refractivity contribution is -0.133. The first-order chi connectivity index (χ1) is 8.75. The van der Waals surface area contributed by atoms with E-state index in [1.165, 1.54) is 30.8 Å². The van der Waals surface area contributed by atoms with E-state index < -0.39 is 0 Å². The van der Waals surface area contributed by atoms with Crippen LogP contribution in [-0.4, -0.2) is 40.6 Å². The average molecular weight is 268 g/mol. The number of nitrogens with zero attached hydrogens (tertiary/aromatic N) is 1. The van der Waals surface area contributed by atoms with Crippen molar-refractivity contribution in [1.29, 1.82) is 0 Å². The Labute approximate surface area is 114 Å². The molecule has 0 aromatic rings. The van der Waals surface area contributed by atoms with Crippen molar-refractivity contribution in [3.8, 4) is 0 Å². The molecule has 18 heavy (non-hydrogen) atoms. The number of carbonyl (C=O) groups excluding carboxylic acids is 1. The fourth-order valence-corrected chi connectivity index (χ4v) is 5.02. The maximum Gasteiger partial charge on any atom is 0.244 e. The van der Waals surface area contributed by atoms with E-state index in [2.05, 4.69) is 17.1 Å². The van der Waals surface area contributed by atoms with Crippen LogP contribution < -0.4 is 5.32 Å². The Kier molecular flexibility index (Phi) is 3.59. The van der Waals surface area contributed by atoms with Gasteiger partial charge in [0, 0.05) is 6.54 Å². The SMILES string of the molecule is CCC1NC2(CCCC2)C(=O)N1CC1CCSC1. The van der Waals surface area contributed by atoms with Gasteiger partial charge in [0.25, 0.3) is 0 Å². The molecule has 1 amide bonds. The van der Waals surface area contributed by atoms with Crippen LogP contribution in [0.15, 0.2) is 0 Å². The summed E-state index contributed by atoms with van der Waals surface area (Å²) in [6.07, 6.45) is 7.15. The molecule has 1 saturated carbocycles. The molecule has 0 aromatic heterocycles. The van der Waals surface area contributed by atoms with E-state index in [9.17, 15) is 4.79 Å². The summed E-state index contributed by atoms with van der Waals surface area (Å²) < 4.78 is 0. The highest BCUT2D eigenvalue weighted by Gasteiger charge is 2.51. The van der Waals surface area contributed by atoms with Gasteiger partial charge in [-0.05, 0) is 43.1 Å². The zero-order valence-corrected chi connectivity index (χ0v) is 12.1. The normalized spacial score (nSPS) is 34.9. The summed E-state index contributed by atoms with van der Waals surface area (Å²) in [4.78, 5) is 14.9. The first-order valence-electron chi connectivity index (χ1n) is 7.42. The number of amides is 1. The molecule has 2 unspecified atom stereocenters. The van der Waals surface area contributed by atoms with Gasteiger partial charge < -0.3 is 4.90 Å². The van der Waals surface area contributed by atoms with Crippen molar-refractivity contribution >= 4 is 17.7 Å². The third-order valence-electron chi connectivity index (χ3n) is 4.81. The third-order valence-corrected chi connectivity index (χ3v) is 6.04. The fraction of sp³-hybridized carbons (Fsp3) is 0.929. The Morgan fingerprint density at radius 3 is 2.83 bits per heavy atom. The molecule has 3 nitrogen and oxygen atoms in total. The van der Waals surface area contributed by atoms with Gasteiger partial charge in [-0.25, -0.2) is 0 Å². The minimum absolute atomic E-state index is 0.174. The summed E-state index contributed by atoms with van der Waals surface area (Å²) in [6.45, 7) is 3.18. The van der Waals surface area contributed by atoms with Gasteiger partial charge in [0.15, 0.2) is 0 Å². The molecule has 0 bridgehead atoms. The zero-order valence-electron chi connectivity index (χ0n) is 11.3. The molecule has 0 aromatic carbocycles. The second-order valence-electron chi connectivity index (χ2n) is 6.04. The van der Waals surface area contributed by atoms with Crippen LogP contribution in [0.2, 0.25) is 0 Å². The van der Waals surface area contributed by atoms with Gasteiger partial charge in [0.1, 0.15) is 0 Å². The van der Waals surface area contributed by atoms with Gasteiger partial charge in [0.2, 0.25) is 5.91 Å². The van der Waals surface area contributed by atoms with Crippen LogP contribution in [-0.2, 0) is 4.79 Å². The van der Waals surface area contributed by atoms with E-state index in [1.54, 1.807) is 0 Å². The zero-order chi connectivity index (χ0) is 12.6. The van der Waals surface area contributed by atoms with E-state index in [0.29, 0.717) is 12.1 Å². The van der Waals surface area contributed by atoms with Crippen molar-refractivity contribution in [2.45, 2.75) is 57.2 Å². The second kappa shape index (κ2) is 5.04. The van der Waals surface area contributed by atoms with Crippen molar-refractivity contribution < 1.29 is 4.79 Å². The van der Waals surface area contributed by atoms with Crippen molar-refractivity contribution in [1.82, 2.24) is 10.2 Å². The molecule has 3 rings (SSSR count). The number of thioether (sulfide) groups is 1. The topological polar surface area (TPSA) is 32.3 Å². The minimum atomic E-state index is -0.174. The van der Waals surface area contributed by atoms with Crippen molar-refractivity contribution in [3.05, 3.63) is 0 Å². The summed E-state index contributed by atoms with van der Waals surface area (Å²) in [6, 6.07) is 0. The number of hydrogen-bond donors (Lipinski definition) is 1. The Balaban J connectivity index is 1.72. The lowest BCUT2D eigenvalue weighted by atomic mass is 9.97. The molecule has 1 N–H and O–H groups in total. The molecule has 1 aliphatic carbocycles. The predicted octanol–water partition coefficient (Wildman–Crippen LogP) is 2.22. The van der Waals surface area contributed by atoms with Crippen LogP contribution >= 0.6 is 11.8 Å². The van der Waals surface area contributed by atoms with Crippen molar-refractivity contribution in [3.63, 3.8) is 0 Å². The highest BCUT2D eigenvalue weighted by molar-refractivity contribution is 7.99. The Bertz CT molecular complexity index is 322. The molecular formula is C14H24N2OS. The minimum Gasteiger partial charge on any atom is -0.325 e. The van der Waals surface area contributed by atoms with Gasteiger partial charge in [-0.3, -0.25) is 10.1 Å². The second-order valence-corrected chi connectivity index (χ2v) is 7.19. The van der Waals surface area contributed by atoms with Gasteiger partial charge in [-0.15, -0.1) is 0 Å². The molecule has 2 saturated heterocycles. The van der Waals surface area contributed by atoms with E-state index in [0.717, 1.165) is 31.7 Å². The molecule has 2 aliphatic heterocycles. The van der Waals surface area contributed by atoms with Crippen LogP contribution in [0.25, 0.3) is 0 Å². The third kappa shape index (κ3) is 2.07. The Morgan fingerprint density at radius 1 is 1.44 bits per heavy atom. The lowest BCUT2D eigenvalue weighted by Crippen LogP contribution is -2.44. The first-order valence-corrected chi connectivity index (χ1v) is 8.57. The molecule has 2 atom stereocenters. The number of carbonyl (C=O) groups is 1. The molecule has 102 valence electrons. The predicted molar refractivity (Wildman–Crippen MR) is 75.6 cm³/mol. The first kappa shape index (κ1) is 12.8. The van der Waals surface area contributed by atoms with E-state index in [1.807, 2.05) is 11.8 Å². The van der Waals surface area contributed by atoms with E-state index in [4.69, 9.17) is 0 Å². The van der Waals surface area contributed by atoms with Crippen LogP contribution in [0, 0.1) is 5.92 Å². The average Bonchev–Trinajstić information content (AvgIpc) is 3.08. The van der Waals surface area contributed by atoms with Gasteiger partial charge in [-0.2, -0.15) is 11.8 Å². The summed E-state index contributed by atoms with van der Waals surface area (Å²) in [7, 11) is 0. The summed E-state index contributed by atoms with van der Waals surface area (Å²) in [5.74, 6) is 3.66. The highest BCUT2D eigenvalue weighted by Crippen LogP contribution is 2.38. The molecule has 3 fully saturated rings. The van der Waals surface area contributed by atoms with Gasteiger partial charge in [0.05, 0.1) is 11.7 Å². The van der Waals surface area contributed by atoms with E-state index in [-0.39, 0.29) is 5.54 Å². The molecule has 3 aliphatic rings. The highest BCUT2D eigenvalue weighted by atomic mass is 32.2. The number of nitrogens with one attached hydrogen (secondary N) is 1. The molecule has 1 spiro atoms. The number of rotatable bonds is 3. The summed E-state index contributed by atoms with van der Waals surface area (Å²) >= 11 is 2.04. The van der Waals surface area contributed by atoms with Gasteiger partial charge in [-0.1, -0.05) is 19.8 Å². The van der Waals surface area contributed by atoms with Crippen LogP contribution in [0.3, 0.4) is 0 Å². The Morgan fingerprint density at radius 2 is 2.22 bits per heavy atom. The number of hydrogen-bond acceptors (Lipinski definition) is 3. The molecule has 4 heteroatoms. The fourth-order valence-electron chi connectivity index (χ4n) is 3.75. The Hall–Kier alpha value is -0.220. The standard InChI is InChI=1S/C14H24N2OS/c1-2-12-15-14(6-3-4-7-14)13(17)16(12)9-11-5-8-18-10-11/h11-12,15H,2-10H2,1H3. The molecule has 2 heterocycles. The molecule has 0 radical (unpaired) electrons. The van der Waals surface area contributed by atoms with E-state index >= 15 is 0 Å². The van der Waals surface area contributed by atoms with Crippen molar-refractivity contribution in [2.24, 2.45) is 5.92 Å². The maximum absolute atomic E-state index is 12.7. The molecular weight excluding hydrogens is 244 g/mol. The monoisotopic (exact) mass is 268 g/mol. The maximum atomic E-state index is 12.7. The largest absolute Gasteiger partial charge is 0.325 e. The van der Waals surface area contributed by atoms with Crippen molar-refractivity contribution in [2.75, 3.05) is 18.1 Å². The summed E-state index contributed by atoms with van der Waals surface area (Å²) in [5.41, 5.74) is -0.174. The smallest absolute Gasteiger partial charge is 0.244 e. The van der Waals surface area contributed by atoms with Crippen LogP contribution in [0.5, 0.6) is 0 Å². The lowest BCUT2D eigenvalue weighted by Gasteiger charge is -2.26. The van der Waals surface area contributed by atoms with Crippen LogP contribution in [0.4, 0.5) is 0 Å². The van der Waals surface area contributed by atoms with Crippen LogP contribution in [0.1, 0.15) is 45.4 Å². The van der Waals surface area contributed by atoms with Gasteiger partial charge >= 0.3 is 0 Å². The summed E-state index contributed by atoms with van der Waals surface area (Å²) in [5, 5.41) is 3.66.